The van der Waals surface area contributed by atoms with Crippen molar-refractivity contribution in [1.29, 1.82) is 0 Å². The number of aromatic nitrogens is 4. The van der Waals surface area contributed by atoms with E-state index in [1.54, 1.807) is 11.3 Å². The average molecular weight is 456 g/mol. The lowest BCUT2D eigenvalue weighted by Crippen LogP contribution is -2.14. The first-order valence-electron chi connectivity index (χ1n) is 9.45. The molecule has 0 bridgehead atoms. The van der Waals surface area contributed by atoms with Gasteiger partial charge in [0.15, 0.2) is 16.1 Å². The minimum absolute atomic E-state index is 0.110. The van der Waals surface area contributed by atoms with Crippen molar-refractivity contribution < 1.29 is 4.79 Å². The van der Waals surface area contributed by atoms with Gasteiger partial charge < -0.3 is 5.32 Å². The van der Waals surface area contributed by atoms with Crippen LogP contribution < -0.4 is 5.32 Å². The van der Waals surface area contributed by atoms with Crippen molar-refractivity contribution in [2.75, 3.05) is 11.1 Å². The summed E-state index contributed by atoms with van der Waals surface area (Å²) in [5.41, 5.74) is 3.11. The number of carbonyl (C=O) groups excluding carboxylic acids is 1. The maximum Gasteiger partial charge on any atom is 0.236 e. The second-order valence-electron chi connectivity index (χ2n) is 6.99. The number of hydrogen-bond donors (Lipinski definition) is 1. The van der Waals surface area contributed by atoms with E-state index >= 15 is 0 Å². The van der Waals surface area contributed by atoms with E-state index in [-0.39, 0.29) is 17.7 Å². The number of hydrogen-bond acceptors (Lipinski definition) is 7. The topological polar surface area (TPSA) is 72.7 Å². The number of nitrogens with zero attached hydrogens (tertiary/aromatic N) is 4. The molecule has 1 N–H and O–H groups in total. The summed E-state index contributed by atoms with van der Waals surface area (Å²) in [5.74, 6) is 0.973. The number of thioether (sulfide) groups is 1. The normalized spacial score (nSPS) is 11.2. The molecule has 0 atom stereocenters. The molecular weight excluding hydrogens is 434 g/mol. The number of benzene rings is 1. The van der Waals surface area contributed by atoms with Crippen LogP contribution in [-0.2, 0) is 4.79 Å². The molecular formula is C21H21N5OS3. The molecule has 4 rings (SSSR count). The smallest absolute Gasteiger partial charge is 0.236 e. The maximum absolute atomic E-state index is 12.5. The van der Waals surface area contributed by atoms with Crippen molar-refractivity contribution in [2.24, 2.45) is 0 Å². The number of anilines is 1. The molecule has 0 fully saturated rings. The molecule has 0 saturated carbocycles. The summed E-state index contributed by atoms with van der Waals surface area (Å²) in [7, 11) is 0. The Labute approximate surface area is 187 Å². The minimum Gasteiger partial charge on any atom is -0.301 e. The molecule has 1 amide bonds. The summed E-state index contributed by atoms with van der Waals surface area (Å²) in [6.07, 6.45) is 0. The highest BCUT2D eigenvalue weighted by atomic mass is 32.2. The highest BCUT2D eigenvalue weighted by molar-refractivity contribution is 7.99. The highest BCUT2D eigenvalue weighted by Crippen LogP contribution is 2.30. The van der Waals surface area contributed by atoms with Gasteiger partial charge in [-0.25, -0.2) is 4.98 Å². The molecule has 30 heavy (non-hydrogen) atoms. The zero-order valence-corrected chi connectivity index (χ0v) is 19.3. The third-order valence-corrected chi connectivity index (χ3v) is 6.92. The van der Waals surface area contributed by atoms with E-state index in [2.05, 4.69) is 58.0 Å². The highest BCUT2D eigenvalue weighted by Gasteiger charge is 2.18. The molecule has 6 nitrogen and oxygen atoms in total. The van der Waals surface area contributed by atoms with Crippen LogP contribution in [0.25, 0.3) is 22.0 Å². The summed E-state index contributed by atoms with van der Waals surface area (Å²) >= 11 is 4.44. The van der Waals surface area contributed by atoms with Crippen molar-refractivity contribution in [3.8, 4) is 22.0 Å². The standard InChI is InChI=1S/C21H21N5OS3/c1-13(2)26-19(17-5-4-10-28-17)24-25-21(26)30-12-18(27)23-20-22-16(11-29-20)15-8-6-14(3)7-9-15/h4-11,13H,12H2,1-3H3,(H,22,23,27). The van der Waals surface area contributed by atoms with Crippen LogP contribution >= 0.6 is 34.4 Å². The number of thiophene rings is 1. The quantitative estimate of drug-likeness (QED) is 0.359. The number of amides is 1. The van der Waals surface area contributed by atoms with Gasteiger partial charge in [-0.2, -0.15) is 0 Å². The van der Waals surface area contributed by atoms with E-state index in [4.69, 9.17) is 0 Å². The van der Waals surface area contributed by atoms with Gasteiger partial charge in [0.05, 0.1) is 16.3 Å². The Balaban J connectivity index is 1.40. The van der Waals surface area contributed by atoms with Gasteiger partial charge in [-0.05, 0) is 32.2 Å². The molecule has 0 saturated heterocycles. The molecule has 0 aliphatic rings. The fraction of sp³-hybridized carbons (Fsp3) is 0.238. The molecule has 0 aliphatic carbocycles. The summed E-state index contributed by atoms with van der Waals surface area (Å²) in [5, 5.41) is 16.9. The third-order valence-electron chi connectivity index (χ3n) is 4.35. The van der Waals surface area contributed by atoms with Crippen LogP contribution in [0.1, 0.15) is 25.5 Å². The Morgan fingerprint density at radius 3 is 2.67 bits per heavy atom. The summed E-state index contributed by atoms with van der Waals surface area (Å²) in [6.45, 7) is 6.23. The number of aryl methyl sites for hydroxylation is 1. The van der Waals surface area contributed by atoms with Crippen molar-refractivity contribution in [3.05, 3.63) is 52.7 Å². The predicted molar refractivity (Wildman–Crippen MR) is 125 cm³/mol. The van der Waals surface area contributed by atoms with Crippen LogP contribution in [0.5, 0.6) is 0 Å². The lowest BCUT2D eigenvalue weighted by atomic mass is 10.1. The second kappa shape index (κ2) is 9.11. The SMILES string of the molecule is Cc1ccc(-c2csc(NC(=O)CSc3nnc(-c4cccs4)n3C(C)C)n2)cc1. The fourth-order valence-electron chi connectivity index (χ4n) is 2.89. The molecule has 3 aromatic heterocycles. The van der Waals surface area contributed by atoms with E-state index in [9.17, 15) is 4.79 Å². The molecule has 9 heteroatoms. The molecule has 0 unspecified atom stereocenters. The molecule has 154 valence electrons. The van der Waals surface area contributed by atoms with Crippen LogP contribution in [-0.4, -0.2) is 31.4 Å². The lowest BCUT2D eigenvalue weighted by molar-refractivity contribution is -0.113. The van der Waals surface area contributed by atoms with Gasteiger partial charge in [0.2, 0.25) is 5.91 Å². The van der Waals surface area contributed by atoms with Gasteiger partial charge in [0.25, 0.3) is 0 Å². The third kappa shape index (κ3) is 4.63. The predicted octanol–water partition coefficient (Wildman–Crippen LogP) is 5.75. The second-order valence-corrected chi connectivity index (χ2v) is 9.74. The number of thiazole rings is 1. The van der Waals surface area contributed by atoms with Gasteiger partial charge in [-0.1, -0.05) is 47.7 Å². The Morgan fingerprint density at radius 2 is 1.97 bits per heavy atom. The Bertz CT molecular complexity index is 1130. The van der Waals surface area contributed by atoms with E-state index in [1.807, 2.05) is 35.0 Å². The first-order chi connectivity index (χ1) is 14.5. The summed E-state index contributed by atoms with van der Waals surface area (Å²) in [4.78, 5) is 18.1. The first kappa shape index (κ1) is 20.8. The largest absolute Gasteiger partial charge is 0.301 e. The molecule has 0 spiro atoms. The van der Waals surface area contributed by atoms with Gasteiger partial charge in [0, 0.05) is 17.0 Å². The molecule has 1 aromatic carbocycles. The first-order valence-corrected chi connectivity index (χ1v) is 12.2. The minimum atomic E-state index is -0.110. The zero-order chi connectivity index (χ0) is 21.1. The van der Waals surface area contributed by atoms with E-state index in [0.717, 1.165) is 27.1 Å². The van der Waals surface area contributed by atoms with Gasteiger partial charge in [-0.15, -0.1) is 32.9 Å². The maximum atomic E-state index is 12.5. The summed E-state index contributed by atoms with van der Waals surface area (Å²) < 4.78 is 2.07. The molecule has 0 radical (unpaired) electrons. The zero-order valence-electron chi connectivity index (χ0n) is 16.8. The van der Waals surface area contributed by atoms with Crippen molar-refractivity contribution in [2.45, 2.75) is 32.0 Å². The van der Waals surface area contributed by atoms with Gasteiger partial charge in [0.1, 0.15) is 0 Å². The Hall–Kier alpha value is -2.49. The van der Waals surface area contributed by atoms with Crippen molar-refractivity contribution in [3.63, 3.8) is 0 Å². The van der Waals surface area contributed by atoms with Crippen LogP contribution in [0.2, 0.25) is 0 Å². The van der Waals surface area contributed by atoms with Gasteiger partial charge >= 0.3 is 0 Å². The molecule has 4 aromatic rings. The Morgan fingerprint density at radius 1 is 1.17 bits per heavy atom. The monoisotopic (exact) mass is 455 g/mol. The van der Waals surface area contributed by atoms with Crippen LogP contribution in [0, 0.1) is 6.92 Å². The summed E-state index contributed by atoms with van der Waals surface area (Å²) in [6, 6.07) is 12.4. The van der Waals surface area contributed by atoms with Crippen LogP contribution in [0.15, 0.2) is 52.3 Å². The van der Waals surface area contributed by atoms with Crippen LogP contribution in [0.3, 0.4) is 0 Å². The van der Waals surface area contributed by atoms with E-state index < -0.39 is 0 Å². The average Bonchev–Trinajstić information content (AvgIpc) is 3.47. The van der Waals surface area contributed by atoms with E-state index in [0.29, 0.717) is 5.13 Å². The fourth-order valence-corrected chi connectivity index (χ4v) is 5.20. The number of rotatable bonds is 7. The van der Waals surface area contributed by atoms with Crippen LogP contribution in [0.4, 0.5) is 5.13 Å². The number of nitrogens with one attached hydrogen (secondary N) is 1. The van der Waals surface area contributed by atoms with Crippen molar-refractivity contribution >= 4 is 45.5 Å². The number of carbonyl (C=O) groups is 1. The van der Waals surface area contributed by atoms with E-state index in [1.165, 1.54) is 28.7 Å². The van der Waals surface area contributed by atoms with Crippen molar-refractivity contribution in [1.82, 2.24) is 19.7 Å². The Kier molecular flexibility index (Phi) is 6.31. The lowest BCUT2D eigenvalue weighted by Gasteiger charge is -2.12. The van der Waals surface area contributed by atoms with Gasteiger partial charge in [-0.3, -0.25) is 9.36 Å². The molecule has 3 heterocycles. The molecule has 0 aliphatic heterocycles.